The van der Waals surface area contributed by atoms with Crippen molar-refractivity contribution in [3.05, 3.63) is 35.1 Å². The molecule has 2 nitrogen and oxygen atoms in total. The maximum Gasteiger partial charge on any atom is 0.416 e. The van der Waals surface area contributed by atoms with Crippen LogP contribution in [0.25, 0.3) is 0 Å². The van der Waals surface area contributed by atoms with Crippen molar-refractivity contribution in [1.29, 1.82) is 0 Å². The first-order chi connectivity index (χ1) is 7.36. The SMILES string of the molecule is OCCC(O)c1ccc(F)cc1C(F)(F)F. The first kappa shape index (κ1) is 12.9. The lowest BCUT2D eigenvalue weighted by molar-refractivity contribution is -0.139. The van der Waals surface area contributed by atoms with E-state index < -0.39 is 35.8 Å². The highest BCUT2D eigenvalue weighted by atomic mass is 19.4. The van der Waals surface area contributed by atoms with Crippen LogP contribution < -0.4 is 0 Å². The number of hydrogen-bond acceptors (Lipinski definition) is 2. The molecule has 0 aliphatic carbocycles. The highest BCUT2D eigenvalue weighted by molar-refractivity contribution is 5.32. The summed E-state index contributed by atoms with van der Waals surface area (Å²) in [5, 5.41) is 17.9. The van der Waals surface area contributed by atoms with Gasteiger partial charge in [0.05, 0.1) is 11.7 Å². The Morgan fingerprint density at radius 2 is 1.88 bits per heavy atom. The summed E-state index contributed by atoms with van der Waals surface area (Å²) in [6.45, 7) is -0.449. The minimum atomic E-state index is -4.73. The number of halogens is 4. The van der Waals surface area contributed by atoms with E-state index in [1.807, 2.05) is 0 Å². The average Bonchev–Trinajstić information content (AvgIpc) is 2.16. The van der Waals surface area contributed by atoms with Crippen molar-refractivity contribution in [1.82, 2.24) is 0 Å². The van der Waals surface area contributed by atoms with E-state index >= 15 is 0 Å². The van der Waals surface area contributed by atoms with Crippen LogP contribution >= 0.6 is 0 Å². The summed E-state index contributed by atoms with van der Waals surface area (Å²) in [5.74, 6) is -1.02. The lowest BCUT2D eigenvalue weighted by Gasteiger charge is -2.16. The van der Waals surface area contributed by atoms with Crippen LogP contribution in [-0.2, 0) is 6.18 Å². The molecule has 0 fully saturated rings. The zero-order valence-electron chi connectivity index (χ0n) is 8.13. The molecule has 1 unspecified atom stereocenters. The second kappa shape index (κ2) is 4.80. The predicted molar refractivity (Wildman–Crippen MR) is 48.1 cm³/mol. The van der Waals surface area contributed by atoms with E-state index in [0.717, 1.165) is 12.1 Å². The van der Waals surface area contributed by atoms with Crippen LogP contribution in [0.1, 0.15) is 23.7 Å². The highest BCUT2D eigenvalue weighted by Crippen LogP contribution is 2.35. The Hall–Kier alpha value is -1.14. The fourth-order valence-corrected chi connectivity index (χ4v) is 1.34. The van der Waals surface area contributed by atoms with Crippen molar-refractivity contribution in [3.8, 4) is 0 Å². The maximum atomic E-state index is 12.7. The Labute approximate surface area is 89.1 Å². The second-order valence-electron chi connectivity index (χ2n) is 3.26. The van der Waals surface area contributed by atoms with E-state index in [9.17, 15) is 22.7 Å². The first-order valence-corrected chi connectivity index (χ1v) is 4.52. The minimum Gasteiger partial charge on any atom is -0.396 e. The molecule has 1 aromatic rings. The number of alkyl halides is 3. The number of aliphatic hydroxyl groups is 2. The van der Waals surface area contributed by atoms with Crippen molar-refractivity contribution in [2.45, 2.75) is 18.7 Å². The van der Waals surface area contributed by atoms with E-state index in [1.54, 1.807) is 0 Å². The minimum absolute atomic E-state index is 0.227. The molecule has 0 aliphatic rings. The molecule has 1 aromatic carbocycles. The summed E-state index contributed by atoms with van der Waals surface area (Å²) >= 11 is 0. The maximum absolute atomic E-state index is 12.7. The van der Waals surface area contributed by atoms with Crippen LogP contribution in [0.3, 0.4) is 0 Å². The lowest BCUT2D eigenvalue weighted by Crippen LogP contribution is -2.13. The van der Waals surface area contributed by atoms with E-state index in [-0.39, 0.29) is 6.42 Å². The molecule has 0 saturated carbocycles. The van der Waals surface area contributed by atoms with Crippen LogP contribution in [0.2, 0.25) is 0 Å². The van der Waals surface area contributed by atoms with Gasteiger partial charge in [-0.1, -0.05) is 6.07 Å². The van der Waals surface area contributed by atoms with Crippen molar-refractivity contribution in [2.24, 2.45) is 0 Å². The molecule has 1 atom stereocenters. The molecule has 0 heterocycles. The molecule has 0 aromatic heterocycles. The van der Waals surface area contributed by atoms with E-state index in [4.69, 9.17) is 5.11 Å². The van der Waals surface area contributed by atoms with Gasteiger partial charge < -0.3 is 10.2 Å². The molecule has 16 heavy (non-hydrogen) atoms. The molecule has 0 radical (unpaired) electrons. The Kier molecular flexibility index (Phi) is 3.88. The summed E-state index contributed by atoms with van der Waals surface area (Å²) in [5.41, 5.74) is -1.64. The van der Waals surface area contributed by atoms with Crippen LogP contribution in [0.15, 0.2) is 18.2 Å². The van der Waals surface area contributed by atoms with Gasteiger partial charge in [-0.25, -0.2) is 4.39 Å². The molecular weight excluding hydrogens is 228 g/mol. The van der Waals surface area contributed by atoms with Gasteiger partial charge in [0, 0.05) is 13.0 Å². The second-order valence-corrected chi connectivity index (χ2v) is 3.26. The molecule has 0 spiro atoms. The van der Waals surface area contributed by atoms with Crippen LogP contribution in [0, 0.1) is 5.82 Å². The normalized spacial score (nSPS) is 13.9. The molecule has 6 heteroatoms. The number of rotatable bonds is 3. The van der Waals surface area contributed by atoms with Crippen LogP contribution in [-0.4, -0.2) is 16.8 Å². The molecule has 0 amide bonds. The van der Waals surface area contributed by atoms with E-state index in [1.165, 1.54) is 0 Å². The summed E-state index contributed by atoms with van der Waals surface area (Å²) in [6, 6.07) is 2.04. The summed E-state index contributed by atoms with van der Waals surface area (Å²) in [7, 11) is 0. The third-order valence-corrected chi connectivity index (χ3v) is 2.08. The van der Waals surface area contributed by atoms with Gasteiger partial charge >= 0.3 is 6.18 Å². The topological polar surface area (TPSA) is 40.5 Å². The van der Waals surface area contributed by atoms with Gasteiger partial charge in [0.15, 0.2) is 0 Å². The fourth-order valence-electron chi connectivity index (χ4n) is 1.34. The zero-order chi connectivity index (χ0) is 12.3. The molecule has 90 valence electrons. The van der Waals surface area contributed by atoms with Crippen molar-refractivity contribution in [3.63, 3.8) is 0 Å². The Balaban J connectivity index is 3.18. The molecule has 0 saturated heterocycles. The summed E-state index contributed by atoms with van der Waals surface area (Å²) in [4.78, 5) is 0. The Bertz CT molecular complexity index is 362. The van der Waals surface area contributed by atoms with Crippen LogP contribution in [0.5, 0.6) is 0 Å². The third-order valence-electron chi connectivity index (χ3n) is 2.08. The quantitative estimate of drug-likeness (QED) is 0.793. The van der Waals surface area contributed by atoms with E-state index in [0.29, 0.717) is 6.07 Å². The summed E-state index contributed by atoms with van der Waals surface area (Å²) < 4.78 is 50.2. The van der Waals surface area contributed by atoms with Crippen molar-refractivity contribution in [2.75, 3.05) is 6.61 Å². The Morgan fingerprint density at radius 1 is 1.25 bits per heavy atom. The molecule has 1 rings (SSSR count). The lowest BCUT2D eigenvalue weighted by atomic mass is 10.00. The average molecular weight is 238 g/mol. The molecule has 0 bridgehead atoms. The highest BCUT2D eigenvalue weighted by Gasteiger charge is 2.35. The number of benzene rings is 1. The van der Waals surface area contributed by atoms with Gasteiger partial charge in [-0.15, -0.1) is 0 Å². The first-order valence-electron chi connectivity index (χ1n) is 4.52. The largest absolute Gasteiger partial charge is 0.416 e. The van der Waals surface area contributed by atoms with Gasteiger partial charge in [0.2, 0.25) is 0 Å². The fraction of sp³-hybridized carbons (Fsp3) is 0.400. The molecule has 2 N–H and O–H groups in total. The third kappa shape index (κ3) is 2.93. The predicted octanol–water partition coefficient (Wildman–Crippen LogP) is 2.26. The zero-order valence-corrected chi connectivity index (χ0v) is 8.13. The van der Waals surface area contributed by atoms with Crippen molar-refractivity contribution < 1.29 is 27.8 Å². The monoisotopic (exact) mass is 238 g/mol. The van der Waals surface area contributed by atoms with Gasteiger partial charge in [-0.05, 0) is 17.7 Å². The summed E-state index contributed by atoms with van der Waals surface area (Å²) in [6.07, 6.45) is -6.41. The van der Waals surface area contributed by atoms with Crippen LogP contribution in [0.4, 0.5) is 17.6 Å². The molecular formula is C10H10F4O2. The smallest absolute Gasteiger partial charge is 0.396 e. The van der Waals surface area contributed by atoms with Gasteiger partial charge in [-0.2, -0.15) is 13.2 Å². The van der Waals surface area contributed by atoms with Gasteiger partial charge in [-0.3, -0.25) is 0 Å². The van der Waals surface area contributed by atoms with E-state index in [2.05, 4.69) is 0 Å². The van der Waals surface area contributed by atoms with Gasteiger partial charge in [0.1, 0.15) is 5.82 Å². The van der Waals surface area contributed by atoms with Crippen molar-refractivity contribution >= 4 is 0 Å². The standard InChI is InChI=1S/C10H10F4O2/c11-6-1-2-7(9(16)3-4-15)8(5-6)10(12,13)14/h1-2,5,9,15-16H,3-4H2. The van der Waals surface area contributed by atoms with Gasteiger partial charge in [0.25, 0.3) is 0 Å². The number of hydrogen-bond donors (Lipinski definition) is 2. The number of aliphatic hydroxyl groups excluding tert-OH is 2. The molecule has 0 aliphatic heterocycles. The Morgan fingerprint density at radius 3 is 2.38 bits per heavy atom.